The van der Waals surface area contributed by atoms with Crippen molar-refractivity contribution in [1.29, 1.82) is 0 Å². The Kier molecular flexibility index (Phi) is 4.30. The maximum atomic E-state index is 6.47. The van der Waals surface area contributed by atoms with Crippen molar-refractivity contribution in [1.82, 2.24) is 19.5 Å². The molecular formula is C25H25BrN6O3. The SMILES string of the molecule is CC1(C)O[C@H]2[C@H](n3ccc4c(N)ncnc43)[C@H]3C[C@@]3(COc3ccc4cc(Br)c(N)nc4c3)[C@H]2O1. The number of aromatic nitrogens is 4. The Labute approximate surface area is 209 Å². The van der Waals surface area contributed by atoms with Crippen LogP contribution in [0.3, 0.4) is 0 Å². The molecule has 4 N–H and O–H groups in total. The number of benzene rings is 1. The lowest BCUT2D eigenvalue weighted by Crippen LogP contribution is -2.34. The van der Waals surface area contributed by atoms with E-state index in [4.69, 9.17) is 25.7 Å². The molecule has 1 aromatic carbocycles. The monoisotopic (exact) mass is 536 g/mol. The smallest absolute Gasteiger partial charge is 0.163 e. The molecule has 0 spiro atoms. The van der Waals surface area contributed by atoms with Crippen molar-refractivity contribution in [3.05, 3.63) is 47.3 Å². The van der Waals surface area contributed by atoms with Crippen LogP contribution in [-0.2, 0) is 9.47 Å². The van der Waals surface area contributed by atoms with Gasteiger partial charge in [-0.15, -0.1) is 0 Å². The second kappa shape index (κ2) is 7.05. The van der Waals surface area contributed by atoms with Crippen molar-refractivity contribution in [3.8, 4) is 5.75 Å². The number of nitrogens with two attached hydrogens (primary N) is 2. The highest BCUT2D eigenvalue weighted by molar-refractivity contribution is 9.10. The van der Waals surface area contributed by atoms with Gasteiger partial charge in [-0.2, -0.15) is 0 Å². The highest BCUT2D eigenvalue weighted by atomic mass is 79.9. The lowest BCUT2D eigenvalue weighted by Gasteiger charge is -2.24. The Hall–Kier alpha value is -2.95. The van der Waals surface area contributed by atoms with Crippen LogP contribution in [0.15, 0.2) is 47.3 Å². The van der Waals surface area contributed by atoms with Gasteiger partial charge in [-0.25, -0.2) is 15.0 Å². The zero-order valence-corrected chi connectivity index (χ0v) is 20.9. The molecule has 35 heavy (non-hydrogen) atoms. The molecule has 5 atom stereocenters. The molecule has 2 aliphatic carbocycles. The van der Waals surface area contributed by atoms with Crippen LogP contribution in [-0.4, -0.2) is 44.1 Å². The molecule has 7 rings (SSSR count). The molecule has 1 aliphatic heterocycles. The summed E-state index contributed by atoms with van der Waals surface area (Å²) < 4.78 is 22.3. The van der Waals surface area contributed by atoms with Crippen molar-refractivity contribution in [2.24, 2.45) is 11.3 Å². The van der Waals surface area contributed by atoms with Gasteiger partial charge in [0.2, 0.25) is 0 Å². The van der Waals surface area contributed by atoms with Gasteiger partial charge in [0, 0.05) is 23.1 Å². The van der Waals surface area contributed by atoms with Gasteiger partial charge in [-0.1, -0.05) is 0 Å². The van der Waals surface area contributed by atoms with Crippen LogP contribution in [0.2, 0.25) is 0 Å². The van der Waals surface area contributed by atoms with E-state index in [1.165, 1.54) is 6.33 Å². The Morgan fingerprint density at radius 2 is 2.00 bits per heavy atom. The molecule has 0 radical (unpaired) electrons. The fraction of sp³-hybridized carbons (Fsp3) is 0.400. The number of pyridine rings is 1. The van der Waals surface area contributed by atoms with Gasteiger partial charge in [-0.3, -0.25) is 0 Å². The largest absolute Gasteiger partial charge is 0.493 e. The molecule has 180 valence electrons. The molecule has 0 unspecified atom stereocenters. The summed E-state index contributed by atoms with van der Waals surface area (Å²) in [6.45, 7) is 4.47. The van der Waals surface area contributed by atoms with E-state index in [0.717, 1.165) is 38.6 Å². The molecule has 3 aromatic heterocycles. The van der Waals surface area contributed by atoms with E-state index in [0.29, 0.717) is 24.2 Å². The van der Waals surface area contributed by atoms with E-state index in [2.05, 4.69) is 35.4 Å². The van der Waals surface area contributed by atoms with Crippen molar-refractivity contribution in [3.63, 3.8) is 0 Å². The van der Waals surface area contributed by atoms with Gasteiger partial charge in [0.1, 0.15) is 35.5 Å². The van der Waals surface area contributed by atoms with Crippen molar-refractivity contribution in [2.45, 2.75) is 44.3 Å². The topological polar surface area (TPSA) is 123 Å². The van der Waals surface area contributed by atoms with Crippen LogP contribution in [0.1, 0.15) is 26.3 Å². The molecule has 4 heterocycles. The zero-order valence-electron chi connectivity index (χ0n) is 19.3. The average Bonchev–Trinajstić information content (AvgIpc) is 3.07. The number of nitrogen functional groups attached to an aromatic ring is 2. The number of hydrogen-bond donors (Lipinski definition) is 2. The molecule has 10 heteroatoms. The van der Waals surface area contributed by atoms with E-state index in [1.54, 1.807) is 0 Å². The van der Waals surface area contributed by atoms with Gasteiger partial charge in [-0.05, 0) is 66.4 Å². The van der Waals surface area contributed by atoms with Crippen LogP contribution in [0, 0.1) is 11.3 Å². The third kappa shape index (κ3) is 3.09. The van der Waals surface area contributed by atoms with Gasteiger partial charge in [0.15, 0.2) is 5.79 Å². The minimum atomic E-state index is -0.664. The number of hydrogen-bond acceptors (Lipinski definition) is 8. The summed E-state index contributed by atoms with van der Waals surface area (Å²) in [5, 5.41) is 1.85. The zero-order chi connectivity index (χ0) is 24.1. The lowest BCUT2D eigenvalue weighted by atomic mass is 10.0. The average molecular weight is 537 g/mol. The lowest BCUT2D eigenvalue weighted by molar-refractivity contribution is -0.162. The third-order valence-corrected chi connectivity index (χ3v) is 8.40. The van der Waals surface area contributed by atoms with E-state index in [-0.39, 0.29) is 23.7 Å². The molecule has 0 bridgehead atoms. The fourth-order valence-corrected chi connectivity index (χ4v) is 6.46. The van der Waals surface area contributed by atoms with E-state index in [9.17, 15) is 0 Å². The summed E-state index contributed by atoms with van der Waals surface area (Å²) in [5.74, 6) is 1.37. The van der Waals surface area contributed by atoms with Crippen molar-refractivity contribution < 1.29 is 14.2 Å². The van der Waals surface area contributed by atoms with Crippen LogP contribution >= 0.6 is 15.9 Å². The number of halogens is 1. The number of nitrogens with zero attached hydrogens (tertiary/aromatic N) is 4. The van der Waals surface area contributed by atoms with Crippen LogP contribution in [0.5, 0.6) is 5.75 Å². The standard InChI is InChI=1S/C25H25BrN6O3/c1-24(2)34-19-18(32-6-5-14-21(27)29-11-30-23(14)32)15-9-25(15,20(19)35-24)10-33-13-4-3-12-7-16(26)22(28)31-17(12)8-13/h3-8,11,15,18-20H,9-10H2,1-2H3,(H2,28,31)(H2,27,29,30)/t15-,18-,19+,20+,25+/m1/s1. The quantitative estimate of drug-likeness (QED) is 0.400. The summed E-state index contributed by atoms with van der Waals surface area (Å²) in [4.78, 5) is 13.1. The normalized spacial score (nSPS) is 30.5. The molecule has 3 fully saturated rings. The highest BCUT2D eigenvalue weighted by Crippen LogP contribution is 2.71. The Balaban J connectivity index is 1.21. The minimum Gasteiger partial charge on any atom is -0.493 e. The number of fused-ring (bicyclic) bond motifs is 5. The highest BCUT2D eigenvalue weighted by Gasteiger charge is 2.76. The number of rotatable bonds is 4. The number of ether oxygens (including phenoxy) is 3. The first-order chi connectivity index (χ1) is 16.8. The minimum absolute atomic E-state index is 0.0747. The maximum Gasteiger partial charge on any atom is 0.163 e. The van der Waals surface area contributed by atoms with Crippen LogP contribution in [0.25, 0.3) is 21.9 Å². The molecule has 2 saturated carbocycles. The predicted molar refractivity (Wildman–Crippen MR) is 135 cm³/mol. The summed E-state index contributed by atoms with van der Waals surface area (Å²) in [5.41, 5.74) is 13.6. The molecule has 3 aliphatic rings. The van der Waals surface area contributed by atoms with Crippen molar-refractivity contribution in [2.75, 3.05) is 18.1 Å². The Morgan fingerprint density at radius 3 is 2.86 bits per heavy atom. The van der Waals surface area contributed by atoms with E-state index < -0.39 is 5.79 Å². The van der Waals surface area contributed by atoms with Gasteiger partial charge < -0.3 is 30.2 Å². The summed E-state index contributed by atoms with van der Waals surface area (Å²) in [7, 11) is 0. The van der Waals surface area contributed by atoms with Crippen LogP contribution in [0.4, 0.5) is 11.6 Å². The van der Waals surface area contributed by atoms with Crippen LogP contribution < -0.4 is 16.2 Å². The summed E-state index contributed by atoms with van der Waals surface area (Å²) in [6, 6.07) is 9.93. The predicted octanol–water partition coefficient (Wildman–Crippen LogP) is 4.07. The fourth-order valence-electron chi connectivity index (χ4n) is 6.13. The number of anilines is 2. The van der Waals surface area contributed by atoms with Gasteiger partial charge in [0.05, 0.1) is 34.1 Å². The van der Waals surface area contributed by atoms with E-state index >= 15 is 0 Å². The summed E-state index contributed by atoms with van der Waals surface area (Å²) >= 11 is 3.44. The van der Waals surface area contributed by atoms with Gasteiger partial charge >= 0.3 is 0 Å². The third-order valence-electron chi connectivity index (χ3n) is 7.76. The first-order valence-corrected chi connectivity index (χ1v) is 12.5. The molecule has 9 nitrogen and oxygen atoms in total. The first kappa shape index (κ1) is 21.3. The second-order valence-corrected chi connectivity index (χ2v) is 11.1. The van der Waals surface area contributed by atoms with Crippen molar-refractivity contribution >= 4 is 49.5 Å². The Morgan fingerprint density at radius 1 is 1.14 bits per heavy atom. The maximum absolute atomic E-state index is 6.47. The van der Waals surface area contributed by atoms with Gasteiger partial charge in [0.25, 0.3) is 0 Å². The molecule has 0 amide bonds. The summed E-state index contributed by atoms with van der Waals surface area (Å²) in [6.07, 6.45) is 4.37. The molecular weight excluding hydrogens is 512 g/mol. The molecule has 4 aromatic rings. The second-order valence-electron chi connectivity index (χ2n) is 10.3. The molecule has 1 saturated heterocycles. The first-order valence-electron chi connectivity index (χ1n) is 11.7. The Bertz CT molecular complexity index is 1510. The van der Waals surface area contributed by atoms with E-state index in [1.807, 2.05) is 50.4 Å².